The first-order chi connectivity index (χ1) is 7.76. The van der Waals surface area contributed by atoms with Crippen LogP contribution in [0.1, 0.15) is 13.3 Å². The molecule has 0 aromatic heterocycles. The summed E-state index contributed by atoms with van der Waals surface area (Å²) in [4.78, 5) is 0. The number of methoxy groups -OCH3 is 1. The van der Waals surface area contributed by atoms with Crippen LogP contribution in [0.3, 0.4) is 0 Å². The topological polar surface area (TPSA) is 21.3 Å². The molecule has 1 unspecified atom stereocenters. The summed E-state index contributed by atoms with van der Waals surface area (Å²) in [6.07, 6.45) is 1.38. The van der Waals surface area contributed by atoms with Crippen LogP contribution in [0.25, 0.3) is 0 Å². The first-order valence-corrected chi connectivity index (χ1v) is 5.90. The summed E-state index contributed by atoms with van der Waals surface area (Å²) in [5.41, 5.74) is 1.22. The van der Waals surface area contributed by atoms with Crippen molar-refractivity contribution in [3.63, 3.8) is 0 Å². The highest BCUT2D eigenvalue weighted by Crippen LogP contribution is 2.04. The second-order valence-corrected chi connectivity index (χ2v) is 4.16. The molecular formula is C13H21BNO. The van der Waals surface area contributed by atoms with E-state index in [1.807, 2.05) is 31.1 Å². The Kier molecular flexibility index (Phi) is 6.01. The maximum absolute atomic E-state index is 5.00. The molecule has 1 radical (unpaired) electrons. The smallest absolute Gasteiger partial charge is 0.148 e. The SMILES string of the molecule is CC1CCNC1.C[B]c1ccc(OC)cc1. The summed E-state index contributed by atoms with van der Waals surface area (Å²) in [6.45, 7) is 6.77. The lowest BCUT2D eigenvalue weighted by atomic mass is 9.73. The highest BCUT2D eigenvalue weighted by molar-refractivity contribution is 6.51. The van der Waals surface area contributed by atoms with Gasteiger partial charge in [-0.1, -0.05) is 31.3 Å². The fourth-order valence-electron chi connectivity index (χ4n) is 1.60. The lowest BCUT2D eigenvalue weighted by molar-refractivity contribution is 0.415. The van der Waals surface area contributed by atoms with Gasteiger partial charge in [-0.15, -0.1) is 0 Å². The molecule has 1 saturated heterocycles. The van der Waals surface area contributed by atoms with E-state index in [4.69, 9.17) is 4.74 Å². The van der Waals surface area contributed by atoms with E-state index in [0.717, 1.165) is 11.7 Å². The van der Waals surface area contributed by atoms with Crippen LogP contribution >= 0.6 is 0 Å². The first-order valence-electron chi connectivity index (χ1n) is 5.90. The molecule has 16 heavy (non-hydrogen) atoms. The summed E-state index contributed by atoms with van der Waals surface area (Å²) in [5.74, 6) is 1.84. The molecule has 1 fully saturated rings. The zero-order chi connectivity index (χ0) is 11.8. The van der Waals surface area contributed by atoms with E-state index in [2.05, 4.69) is 19.5 Å². The van der Waals surface area contributed by atoms with Gasteiger partial charge in [0.2, 0.25) is 0 Å². The minimum atomic E-state index is 0.908. The molecule has 87 valence electrons. The molecule has 1 atom stereocenters. The van der Waals surface area contributed by atoms with Gasteiger partial charge in [-0.3, -0.25) is 0 Å². The van der Waals surface area contributed by atoms with E-state index in [0.29, 0.717) is 0 Å². The van der Waals surface area contributed by atoms with Gasteiger partial charge in [0.15, 0.2) is 0 Å². The van der Waals surface area contributed by atoms with E-state index < -0.39 is 0 Å². The molecule has 1 aliphatic rings. The van der Waals surface area contributed by atoms with Gasteiger partial charge in [-0.05, 0) is 37.6 Å². The van der Waals surface area contributed by atoms with Crippen molar-refractivity contribution in [1.29, 1.82) is 0 Å². The van der Waals surface area contributed by atoms with Crippen LogP contribution in [0, 0.1) is 5.92 Å². The van der Waals surface area contributed by atoms with E-state index in [1.54, 1.807) is 7.11 Å². The summed E-state index contributed by atoms with van der Waals surface area (Å²) < 4.78 is 5.00. The molecular weight excluding hydrogens is 197 g/mol. The van der Waals surface area contributed by atoms with E-state index in [-0.39, 0.29) is 0 Å². The molecule has 0 aliphatic carbocycles. The van der Waals surface area contributed by atoms with Crippen molar-refractivity contribution in [3.8, 4) is 5.75 Å². The number of rotatable bonds is 2. The molecule has 3 heteroatoms. The molecule has 0 spiro atoms. The van der Waals surface area contributed by atoms with Crippen LogP contribution < -0.4 is 15.5 Å². The Morgan fingerprint density at radius 1 is 1.31 bits per heavy atom. The molecule has 1 N–H and O–H groups in total. The number of nitrogens with one attached hydrogen (secondary N) is 1. The zero-order valence-corrected chi connectivity index (χ0v) is 10.5. The molecule has 2 rings (SSSR count). The van der Waals surface area contributed by atoms with Crippen molar-refractivity contribution in [1.82, 2.24) is 5.32 Å². The van der Waals surface area contributed by atoms with Gasteiger partial charge in [0.25, 0.3) is 0 Å². The summed E-state index contributed by atoms with van der Waals surface area (Å²) in [7, 11) is 3.73. The predicted molar refractivity (Wildman–Crippen MR) is 70.9 cm³/mol. The Balaban J connectivity index is 0.000000181. The van der Waals surface area contributed by atoms with Crippen LogP contribution in [0.5, 0.6) is 5.75 Å². The van der Waals surface area contributed by atoms with Crippen molar-refractivity contribution in [2.75, 3.05) is 20.2 Å². The van der Waals surface area contributed by atoms with Gasteiger partial charge >= 0.3 is 0 Å². The Morgan fingerprint density at radius 3 is 2.31 bits per heavy atom. The minimum Gasteiger partial charge on any atom is -0.497 e. The lowest BCUT2D eigenvalue weighted by Crippen LogP contribution is -2.08. The van der Waals surface area contributed by atoms with Gasteiger partial charge in [-0.25, -0.2) is 0 Å². The van der Waals surface area contributed by atoms with Crippen molar-refractivity contribution in [3.05, 3.63) is 24.3 Å². The van der Waals surface area contributed by atoms with Gasteiger partial charge in [-0.2, -0.15) is 0 Å². The monoisotopic (exact) mass is 218 g/mol. The number of hydrogen-bond acceptors (Lipinski definition) is 2. The molecule has 1 heterocycles. The third-order valence-electron chi connectivity index (χ3n) is 2.76. The summed E-state index contributed by atoms with van der Waals surface area (Å²) in [5, 5.41) is 3.27. The number of hydrogen-bond donors (Lipinski definition) is 1. The second-order valence-electron chi connectivity index (χ2n) is 4.16. The molecule has 0 amide bonds. The van der Waals surface area contributed by atoms with Gasteiger partial charge < -0.3 is 10.1 Å². The molecule has 1 aromatic rings. The third kappa shape index (κ3) is 4.71. The molecule has 0 saturated carbocycles. The number of ether oxygens (including phenoxy) is 1. The Bertz CT molecular complexity index is 257. The average molecular weight is 218 g/mol. The second kappa shape index (κ2) is 7.34. The maximum Gasteiger partial charge on any atom is 0.148 e. The third-order valence-corrected chi connectivity index (χ3v) is 2.76. The van der Waals surface area contributed by atoms with Crippen LogP contribution in [0.2, 0.25) is 6.82 Å². The van der Waals surface area contributed by atoms with Crippen LogP contribution in [0.4, 0.5) is 0 Å². The predicted octanol–water partition coefficient (Wildman–Crippen LogP) is 1.69. The summed E-state index contributed by atoms with van der Waals surface area (Å²) >= 11 is 0. The average Bonchev–Trinajstić information content (AvgIpc) is 2.81. The fraction of sp³-hybridized carbons (Fsp3) is 0.538. The first kappa shape index (κ1) is 13.1. The van der Waals surface area contributed by atoms with Gasteiger partial charge in [0.1, 0.15) is 13.0 Å². The molecule has 0 bridgehead atoms. The van der Waals surface area contributed by atoms with Crippen molar-refractivity contribution in [2.24, 2.45) is 5.92 Å². The Hall–Kier alpha value is -0.955. The normalized spacial score (nSPS) is 18.6. The van der Waals surface area contributed by atoms with Crippen molar-refractivity contribution >= 4 is 12.7 Å². The largest absolute Gasteiger partial charge is 0.497 e. The maximum atomic E-state index is 5.00. The molecule has 2 nitrogen and oxygen atoms in total. The van der Waals surface area contributed by atoms with Gasteiger partial charge in [0, 0.05) is 0 Å². The van der Waals surface area contributed by atoms with E-state index in [1.165, 1.54) is 25.0 Å². The van der Waals surface area contributed by atoms with Crippen molar-refractivity contribution < 1.29 is 4.74 Å². The zero-order valence-electron chi connectivity index (χ0n) is 10.5. The van der Waals surface area contributed by atoms with Crippen LogP contribution in [0.15, 0.2) is 24.3 Å². The highest BCUT2D eigenvalue weighted by Gasteiger charge is 2.06. The lowest BCUT2D eigenvalue weighted by Gasteiger charge is -1.98. The Labute approximate surface area is 99.6 Å². The van der Waals surface area contributed by atoms with Crippen LogP contribution in [-0.4, -0.2) is 27.5 Å². The van der Waals surface area contributed by atoms with Crippen molar-refractivity contribution in [2.45, 2.75) is 20.2 Å². The van der Waals surface area contributed by atoms with Crippen LogP contribution in [-0.2, 0) is 0 Å². The quantitative estimate of drug-likeness (QED) is 0.762. The standard InChI is InChI=1S/C8H10BO.C5H11N/c1-9-7-3-5-8(10-2)6-4-7;1-5-2-3-6-4-5/h3-6H,1-2H3;5-6H,2-4H2,1H3. The highest BCUT2D eigenvalue weighted by atomic mass is 16.5. The molecule has 1 aliphatic heterocycles. The van der Waals surface area contributed by atoms with Gasteiger partial charge in [0.05, 0.1) is 7.11 Å². The molecule has 1 aromatic carbocycles. The van der Waals surface area contributed by atoms with E-state index >= 15 is 0 Å². The minimum absolute atomic E-state index is 0.908. The summed E-state index contributed by atoms with van der Waals surface area (Å²) in [6, 6.07) is 7.96. The van der Waals surface area contributed by atoms with E-state index in [9.17, 15) is 0 Å². The fourth-order valence-corrected chi connectivity index (χ4v) is 1.60. The number of benzene rings is 1. The Morgan fingerprint density at radius 2 is 2.00 bits per heavy atom.